The van der Waals surface area contributed by atoms with Crippen LogP contribution in [-0.2, 0) is 14.9 Å². The molecule has 2 aliphatic heterocycles. The molecule has 0 aromatic carbocycles. The molecule has 0 amide bonds. The van der Waals surface area contributed by atoms with Gasteiger partial charge in [0.1, 0.15) is 0 Å². The first-order valence-electron chi connectivity index (χ1n) is 7.09. The topological polar surface area (TPSA) is 75.9 Å². The van der Waals surface area contributed by atoms with Crippen LogP contribution in [0, 0.1) is 0 Å². The monoisotopic (exact) mass is 291 g/mol. The summed E-state index contributed by atoms with van der Waals surface area (Å²) in [6.07, 6.45) is 4.68. The Labute approximate surface area is 116 Å². The van der Waals surface area contributed by atoms with Crippen molar-refractivity contribution < 1.29 is 13.2 Å². The van der Waals surface area contributed by atoms with Crippen molar-refractivity contribution in [1.29, 1.82) is 0 Å². The number of rotatable bonds is 4. The minimum absolute atomic E-state index is 0.0182. The summed E-state index contributed by atoms with van der Waals surface area (Å²) >= 11 is 0. The highest BCUT2D eigenvalue weighted by molar-refractivity contribution is 7.86. The number of ether oxygens (including phenoxy) is 1. The van der Waals surface area contributed by atoms with Gasteiger partial charge in [-0.3, -0.25) is 0 Å². The lowest BCUT2D eigenvalue weighted by molar-refractivity contribution is 0.0542. The predicted octanol–water partition coefficient (Wildman–Crippen LogP) is 0.155. The van der Waals surface area contributed by atoms with E-state index in [9.17, 15) is 8.42 Å². The summed E-state index contributed by atoms with van der Waals surface area (Å²) in [6.45, 7) is 2.06. The molecule has 0 aliphatic carbocycles. The zero-order valence-corrected chi connectivity index (χ0v) is 12.4. The Morgan fingerprint density at radius 3 is 2.68 bits per heavy atom. The van der Waals surface area contributed by atoms with Crippen LogP contribution in [0.25, 0.3) is 0 Å². The van der Waals surface area contributed by atoms with Crippen LogP contribution in [-0.4, -0.2) is 62.5 Å². The highest BCUT2D eigenvalue weighted by Crippen LogP contribution is 2.24. The van der Waals surface area contributed by atoms with Crippen LogP contribution in [0.2, 0.25) is 0 Å². The largest absolute Gasteiger partial charge is 0.380 e. The lowest BCUT2D eigenvalue weighted by Crippen LogP contribution is -2.55. The van der Waals surface area contributed by atoms with Crippen molar-refractivity contribution in [2.75, 3.05) is 33.3 Å². The second kappa shape index (κ2) is 6.49. The standard InChI is InChI=1S/C12H25N3O3S/c1-18-12-6-4-7-14(10-12)19(16,17)15-8-3-2-5-11(15)9-13/h11-12H,2-10,13H2,1H3. The Morgan fingerprint density at radius 1 is 1.21 bits per heavy atom. The normalized spacial score (nSPS) is 31.5. The van der Waals surface area contributed by atoms with Crippen LogP contribution >= 0.6 is 0 Å². The van der Waals surface area contributed by atoms with E-state index in [0.717, 1.165) is 32.1 Å². The van der Waals surface area contributed by atoms with E-state index in [0.29, 0.717) is 26.2 Å². The summed E-state index contributed by atoms with van der Waals surface area (Å²) < 4.78 is 33.9. The summed E-state index contributed by atoms with van der Waals surface area (Å²) in [5.41, 5.74) is 5.72. The highest BCUT2D eigenvalue weighted by atomic mass is 32.2. The van der Waals surface area contributed by atoms with Crippen LogP contribution in [0.5, 0.6) is 0 Å². The summed E-state index contributed by atoms with van der Waals surface area (Å²) in [6, 6.07) is -0.0401. The molecule has 2 fully saturated rings. The number of nitrogens with two attached hydrogens (primary N) is 1. The average molecular weight is 291 g/mol. The Kier molecular flexibility index (Phi) is 5.19. The van der Waals surface area contributed by atoms with Crippen molar-refractivity contribution in [1.82, 2.24) is 8.61 Å². The fourth-order valence-electron chi connectivity index (χ4n) is 2.97. The van der Waals surface area contributed by atoms with Crippen molar-refractivity contribution in [3.63, 3.8) is 0 Å². The van der Waals surface area contributed by atoms with Crippen LogP contribution < -0.4 is 5.73 Å². The SMILES string of the molecule is COC1CCCN(S(=O)(=O)N2CCCCC2CN)C1. The molecule has 2 atom stereocenters. The van der Waals surface area contributed by atoms with E-state index in [-0.39, 0.29) is 12.1 Å². The second-order valence-corrected chi connectivity index (χ2v) is 7.24. The van der Waals surface area contributed by atoms with Crippen molar-refractivity contribution in [2.45, 2.75) is 44.2 Å². The fourth-order valence-corrected chi connectivity index (χ4v) is 4.91. The Bertz CT molecular complexity index is 388. The van der Waals surface area contributed by atoms with E-state index in [1.54, 1.807) is 15.7 Å². The molecule has 0 radical (unpaired) electrons. The molecular formula is C12H25N3O3S. The number of nitrogens with zero attached hydrogens (tertiary/aromatic N) is 2. The van der Waals surface area contributed by atoms with Gasteiger partial charge in [0.2, 0.25) is 0 Å². The zero-order chi connectivity index (χ0) is 13.9. The van der Waals surface area contributed by atoms with Crippen molar-refractivity contribution in [3.8, 4) is 0 Å². The quantitative estimate of drug-likeness (QED) is 0.800. The number of hydrogen-bond donors (Lipinski definition) is 1. The molecule has 2 aliphatic rings. The molecule has 7 heteroatoms. The highest BCUT2D eigenvalue weighted by Gasteiger charge is 2.37. The van der Waals surface area contributed by atoms with Crippen molar-refractivity contribution in [2.24, 2.45) is 5.73 Å². The molecule has 0 aromatic heterocycles. The maximum Gasteiger partial charge on any atom is 0.282 e. The van der Waals surface area contributed by atoms with Gasteiger partial charge in [-0.15, -0.1) is 0 Å². The first-order valence-corrected chi connectivity index (χ1v) is 8.49. The lowest BCUT2D eigenvalue weighted by Gasteiger charge is -2.39. The molecule has 0 spiro atoms. The van der Waals surface area contributed by atoms with Gasteiger partial charge >= 0.3 is 0 Å². The maximum absolute atomic E-state index is 12.7. The third kappa shape index (κ3) is 3.28. The summed E-state index contributed by atoms with van der Waals surface area (Å²) in [7, 11) is -1.74. The first kappa shape index (κ1) is 15.2. The first-order chi connectivity index (χ1) is 9.09. The zero-order valence-electron chi connectivity index (χ0n) is 11.6. The smallest absolute Gasteiger partial charge is 0.282 e. The van der Waals surface area contributed by atoms with E-state index >= 15 is 0 Å². The molecule has 6 nitrogen and oxygen atoms in total. The van der Waals surface area contributed by atoms with E-state index in [2.05, 4.69) is 0 Å². The van der Waals surface area contributed by atoms with Gasteiger partial charge < -0.3 is 10.5 Å². The average Bonchev–Trinajstić information content (AvgIpc) is 2.47. The molecule has 2 heterocycles. The molecule has 2 unspecified atom stereocenters. The van der Waals surface area contributed by atoms with Gasteiger partial charge in [-0.1, -0.05) is 6.42 Å². The van der Waals surface area contributed by atoms with Crippen LogP contribution in [0.4, 0.5) is 0 Å². The minimum atomic E-state index is -3.38. The van der Waals surface area contributed by atoms with Crippen molar-refractivity contribution in [3.05, 3.63) is 0 Å². The van der Waals surface area contributed by atoms with E-state index in [1.807, 2.05) is 0 Å². The van der Waals surface area contributed by atoms with Crippen molar-refractivity contribution >= 4 is 10.2 Å². The van der Waals surface area contributed by atoms with Gasteiger partial charge in [0, 0.05) is 39.3 Å². The molecule has 2 N–H and O–H groups in total. The van der Waals surface area contributed by atoms with Gasteiger partial charge in [0.15, 0.2) is 0 Å². The van der Waals surface area contributed by atoms with E-state index < -0.39 is 10.2 Å². The minimum Gasteiger partial charge on any atom is -0.380 e. The van der Waals surface area contributed by atoms with Gasteiger partial charge in [0.25, 0.3) is 10.2 Å². The van der Waals surface area contributed by atoms with Gasteiger partial charge in [-0.2, -0.15) is 17.0 Å². The Hall–Kier alpha value is -0.210. The van der Waals surface area contributed by atoms with E-state index in [4.69, 9.17) is 10.5 Å². The predicted molar refractivity (Wildman–Crippen MR) is 73.9 cm³/mol. The molecule has 2 saturated heterocycles. The fraction of sp³-hybridized carbons (Fsp3) is 1.00. The van der Waals surface area contributed by atoms with Crippen LogP contribution in [0.15, 0.2) is 0 Å². The van der Waals surface area contributed by atoms with Gasteiger partial charge in [0.05, 0.1) is 6.10 Å². The van der Waals surface area contributed by atoms with Crippen LogP contribution in [0.1, 0.15) is 32.1 Å². The summed E-state index contributed by atoms with van der Waals surface area (Å²) in [5, 5.41) is 0. The molecule has 112 valence electrons. The molecular weight excluding hydrogens is 266 g/mol. The molecule has 19 heavy (non-hydrogen) atoms. The number of piperidine rings is 2. The number of hydrogen-bond acceptors (Lipinski definition) is 4. The van der Waals surface area contributed by atoms with E-state index in [1.165, 1.54) is 0 Å². The Balaban J connectivity index is 2.11. The molecule has 0 saturated carbocycles. The lowest BCUT2D eigenvalue weighted by atomic mass is 10.1. The summed E-state index contributed by atoms with van der Waals surface area (Å²) in [5.74, 6) is 0. The van der Waals surface area contributed by atoms with Gasteiger partial charge in [-0.05, 0) is 25.7 Å². The number of methoxy groups -OCH3 is 1. The molecule has 2 rings (SSSR count). The molecule has 0 bridgehead atoms. The third-order valence-electron chi connectivity index (χ3n) is 4.14. The Morgan fingerprint density at radius 2 is 2.00 bits per heavy atom. The van der Waals surface area contributed by atoms with Crippen LogP contribution in [0.3, 0.4) is 0 Å². The molecule has 0 aromatic rings. The third-order valence-corrected chi connectivity index (χ3v) is 6.20. The maximum atomic E-state index is 12.7. The van der Waals surface area contributed by atoms with Gasteiger partial charge in [-0.25, -0.2) is 0 Å². The summed E-state index contributed by atoms with van der Waals surface area (Å²) in [4.78, 5) is 0. The second-order valence-electron chi connectivity index (χ2n) is 5.36.